The van der Waals surface area contributed by atoms with Gasteiger partial charge in [0.25, 0.3) is 0 Å². The van der Waals surface area contributed by atoms with Gasteiger partial charge in [-0.15, -0.1) is 5.10 Å². The van der Waals surface area contributed by atoms with Gasteiger partial charge in [-0.1, -0.05) is 5.21 Å². The van der Waals surface area contributed by atoms with E-state index in [1.807, 2.05) is 16.8 Å². The molecule has 0 spiro atoms. The molecule has 0 radical (unpaired) electrons. The molecule has 0 aliphatic heterocycles. The van der Waals surface area contributed by atoms with Gasteiger partial charge in [0.05, 0.1) is 36.1 Å². The van der Waals surface area contributed by atoms with Crippen molar-refractivity contribution in [2.24, 2.45) is 0 Å². The van der Waals surface area contributed by atoms with Gasteiger partial charge in [-0.3, -0.25) is 0 Å². The van der Waals surface area contributed by atoms with Crippen LogP contribution in [0.5, 0.6) is 5.75 Å². The number of rotatable bonds is 6. The number of ether oxygens (including phenoxy) is 1. The summed E-state index contributed by atoms with van der Waals surface area (Å²) in [5.74, 6) is 0.600. The van der Waals surface area contributed by atoms with Crippen molar-refractivity contribution >= 4 is 21.4 Å². The first-order valence-corrected chi connectivity index (χ1v) is 9.08. The van der Waals surface area contributed by atoms with E-state index in [1.165, 1.54) is 19.2 Å². The summed E-state index contributed by atoms with van der Waals surface area (Å²) in [7, 11) is -2.08. The Morgan fingerprint density at radius 2 is 2.04 bits per heavy atom. The Morgan fingerprint density at radius 1 is 1.26 bits per heavy atom. The van der Waals surface area contributed by atoms with Gasteiger partial charge in [-0.2, -0.15) is 11.3 Å². The van der Waals surface area contributed by atoms with E-state index in [0.29, 0.717) is 11.4 Å². The summed E-state index contributed by atoms with van der Waals surface area (Å²) in [6.45, 7) is 0.0680. The van der Waals surface area contributed by atoms with Gasteiger partial charge in [-0.25, -0.2) is 17.8 Å². The molecule has 0 aliphatic rings. The molecule has 9 heteroatoms. The van der Waals surface area contributed by atoms with Crippen molar-refractivity contribution in [3.8, 4) is 11.4 Å². The molecule has 0 saturated carbocycles. The summed E-state index contributed by atoms with van der Waals surface area (Å²) < 4.78 is 33.6. The summed E-state index contributed by atoms with van der Waals surface area (Å²) in [6.07, 6.45) is 1.69. The lowest BCUT2D eigenvalue weighted by Gasteiger charge is -2.06. The summed E-state index contributed by atoms with van der Waals surface area (Å²) in [5.41, 5.74) is 1.43. The first-order valence-electron chi connectivity index (χ1n) is 6.66. The van der Waals surface area contributed by atoms with Crippen LogP contribution in [0.25, 0.3) is 5.69 Å². The Labute approximate surface area is 137 Å². The maximum atomic E-state index is 12.2. The second-order valence-electron chi connectivity index (χ2n) is 4.64. The van der Waals surface area contributed by atoms with Gasteiger partial charge in [0, 0.05) is 5.38 Å². The number of methoxy groups -OCH3 is 1. The van der Waals surface area contributed by atoms with Crippen LogP contribution in [0.2, 0.25) is 0 Å². The molecule has 0 saturated heterocycles. The van der Waals surface area contributed by atoms with E-state index in [2.05, 4.69) is 15.0 Å². The van der Waals surface area contributed by atoms with E-state index in [1.54, 1.807) is 34.3 Å². The zero-order valence-electron chi connectivity index (χ0n) is 12.2. The second-order valence-corrected chi connectivity index (χ2v) is 7.18. The SMILES string of the molecule is COc1ccc(S(=O)(=O)NCc2cn(-c3ccsc3)nn2)cc1. The van der Waals surface area contributed by atoms with Crippen LogP contribution < -0.4 is 9.46 Å². The molecule has 120 valence electrons. The standard InChI is InChI=1S/C14H14N4O3S2/c1-21-13-2-4-14(5-3-13)23(19,20)15-8-11-9-18(17-16-11)12-6-7-22-10-12/h2-7,9-10,15H,8H2,1H3. The number of hydrogen-bond donors (Lipinski definition) is 1. The van der Waals surface area contributed by atoms with Crippen molar-refractivity contribution in [2.45, 2.75) is 11.4 Å². The molecule has 2 heterocycles. The molecule has 0 aliphatic carbocycles. The Morgan fingerprint density at radius 3 is 2.70 bits per heavy atom. The van der Waals surface area contributed by atoms with E-state index < -0.39 is 10.0 Å². The van der Waals surface area contributed by atoms with Crippen LogP contribution in [0, 0.1) is 0 Å². The molecule has 23 heavy (non-hydrogen) atoms. The molecular weight excluding hydrogens is 336 g/mol. The zero-order valence-corrected chi connectivity index (χ0v) is 13.8. The van der Waals surface area contributed by atoms with Crippen molar-refractivity contribution in [3.63, 3.8) is 0 Å². The summed E-state index contributed by atoms with van der Waals surface area (Å²) in [4.78, 5) is 0.170. The second kappa shape index (κ2) is 6.49. The fraction of sp³-hybridized carbons (Fsp3) is 0.143. The van der Waals surface area contributed by atoms with Gasteiger partial charge in [0.15, 0.2) is 0 Å². The lowest BCUT2D eigenvalue weighted by Crippen LogP contribution is -2.23. The maximum absolute atomic E-state index is 12.2. The molecule has 3 aromatic rings. The van der Waals surface area contributed by atoms with Gasteiger partial charge < -0.3 is 4.74 Å². The molecule has 1 aromatic carbocycles. The maximum Gasteiger partial charge on any atom is 0.240 e. The van der Waals surface area contributed by atoms with Crippen molar-refractivity contribution in [1.82, 2.24) is 19.7 Å². The van der Waals surface area contributed by atoms with Crippen molar-refractivity contribution < 1.29 is 13.2 Å². The van der Waals surface area contributed by atoms with Gasteiger partial charge in [0.2, 0.25) is 10.0 Å². The van der Waals surface area contributed by atoms with Gasteiger partial charge in [-0.05, 0) is 35.7 Å². The van der Waals surface area contributed by atoms with E-state index in [9.17, 15) is 8.42 Å². The fourth-order valence-corrected chi connectivity index (χ4v) is 3.52. The number of sulfonamides is 1. The van der Waals surface area contributed by atoms with Crippen molar-refractivity contribution in [3.05, 3.63) is 53.0 Å². The zero-order chi connectivity index (χ0) is 16.3. The van der Waals surface area contributed by atoms with Crippen molar-refractivity contribution in [1.29, 1.82) is 0 Å². The highest BCUT2D eigenvalue weighted by atomic mass is 32.2. The molecule has 0 bridgehead atoms. The number of thiophene rings is 1. The molecule has 0 amide bonds. The van der Waals surface area contributed by atoms with E-state index >= 15 is 0 Å². The van der Waals surface area contributed by atoms with Gasteiger partial charge >= 0.3 is 0 Å². The average Bonchev–Trinajstić information content (AvgIpc) is 3.24. The lowest BCUT2D eigenvalue weighted by molar-refractivity contribution is 0.414. The highest BCUT2D eigenvalue weighted by Gasteiger charge is 2.14. The minimum atomic E-state index is -3.61. The molecule has 7 nitrogen and oxygen atoms in total. The Balaban J connectivity index is 1.69. The number of benzene rings is 1. The summed E-state index contributed by atoms with van der Waals surface area (Å²) in [6, 6.07) is 8.08. The molecule has 2 aromatic heterocycles. The van der Waals surface area contributed by atoms with Gasteiger partial charge in [0.1, 0.15) is 5.75 Å². The molecule has 3 rings (SSSR count). The van der Waals surface area contributed by atoms with Crippen LogP contribution in [0.1, 0.15) is 5.69 Å². The van der Waals surface area contributed by atoms with Crippen LogP contribution in [0.15, 0.2) is 52.2 Å². The largest absolute Gasteiger partial charge is 0.497 e. The molecule has 0 atom stereocenters. The first kappa shape index (κ1) is 15.7. The highest BCUT2D eigenvalue weighted by Crippen LogP contribution is 2.16. The molecule has 0 unspecified atom stereocenters. The predicted octanol–water partition coefficient (Wildman–Crippen LogP) is 1.82. The normalized spacial score (nSPS) is 11.5. The third kappa shape index (κ3) is 3.58. The fourth-order valence-electron chi connectivity index (χ4n) is 1.90. The van der Waals surface area contributed by atoms with Crippen LogP contribution in [0.3, 0.4) is 0 Å². The average molecular weight is 350 g/mol. The number of nitrogens with zero attached hydrogens (tertiary/aromatic N) is 3. The van der Waals surface area contributed by atoms with E-state index in [-0.39, 0.29) is 11.4 Å². The van der Waals surface area contributed by atoms with Crippen LogP contribution in [-0.4, -0.2) is 30.5 Å². The predicted molar refractivity (Wildman–Crippen MR) is 86.3 cm³/mol. The smallest absolute Gasteiger partial charge is 0.240 e. The summed E-state index contributed by atoms with van der Waals surface area (Å²) >= 11 is 1.55. The minimum absolute atomic E-state index is 0.0680. The Kier molecular flexibility index (Phi) is 4.42. The van der Waals surface area contributed by atoms with E-state index in [4.69, 9.17) is 4.74 Å². The monoisotopic (exact) mass is 350 g/mol. The van der Waals surface area contributed by atoms with Crippen molar-refractivity contribution in [2.75, 3.05) is 7.11 Å². The number of hydrogen-bond acceptors (Lipinski definition) is 6. The first-order chi connectivity index (χ1) is 11.1. The Hall–Kier alpha value is -2.23. The third-order valence-electron chi connectivity index (χ3n) is 3.12. The molecule has 0 fully saturated rings. The van der Waals surface area contributed by atoms with E-state index in [0.717, 1.165) is 5.69 Å². The van der Waals surface area contributed by atoms with Crippen LogP contribution >= 0.6 is 11.3 Å². The third-order valence-corrected chi connectivity index (χ3v) is 5.21. The quantitative estimate of drug-likeness (QED) is 0.733. The van der Waals surface area contributed by atoms with Crippen LogP contribution in [-0.2, 0) is 16.6 Å². The Bertz CT molecular complexity index is 871. The lowest BCUT2D eigenvalue weighted by atomic mass is 10.3. The number of nitrogens with one attached hydrogen (secondary N) is 1. The topological polar surface area (TPSA) is 86.1 Å². The number of aromatic nitrogens is 3. The highest BCUT2D eigenvalue weighted by molar-refractivity contribution is 7.89. The minimum Gasteiger partial charge on any atom is -0.497 e. The van der Waals surface area contributed by atoms with Crippen LogP contribution in [0.4, 0.5) is 0 Å². The molecule has 1 N–H and O–H groups in total. The summed E-state index contributed by atoms with van der Waals surface area (Å²) in [5, 5.41) is 11.8. The molecular formula is C14H14N4O3S2.